The maximum Gasteiger partial charge on any atom is 0.326 e. The van der Waals surface area contributed by atoms with E-state index < -0.39 is 17.8 Å². The predicted molar refractivity (Wildman–Crippen MR) is 53.8 cm³/mol. The van der Waals surface area contributed by atoms with E-state index >= 15 is 0 Å². The minimum Gasteiger partial charge on any atom is -0.480 e. The molecule has 5 heteroatoms. The molecule has 0 saturated carbocycles. The first kappa shape index (κ1) is 13.1. The number of aliphatic carboxylic acids is 1. The molecule has 0 bridgehead atoms. The lowest BCUT2D eigenvalue weighted by molar-refractivity contribution is -0.140. The zero-order chi connectivity index (χ0) is 11.8. The van der Waals surface area contributed by atoms with E-state index in [9.17, 15) is 14.0 Å². The molecule has 0 aromatic rings. The first-order valence-corrected chi connectivity index (χ1v) is 4.11. The van der Waals surface area contributed by atoms with Gasteiger partial charge in [0, 0.05) is 6.42 Å². The molecule has 0 aromatic heterocycles. The number of carbonyl (C=O) groups is 2. The molecule has 0 fully saturated rings. The summed E-state index contributed by atoms with van der Waals surface area (Å²) in [7, 11) is 0. The third-order valence-electron chi connectivity index (χ3n) is 1.66. The van der Waals surface area contributed by atoms with Crippen LogP contribution in [0, 0.1) is 0 Å². The van der Waals surface area contributed by atoms with Crippen LogP contribution in [0.15, 0.2) is 36.7 Å². The summed E-state index contributed by atoms with van der Waals surface area (Å²) >= 11 is 0. The standard InChI is InChI=1S/C10H12FNO3/c1-3-4-8(7(2)11)5-9(10(14)15)12-6-13/h3-4,6,9H,1-2,5H2,(H,12,13)(H,14,15)/b8-4-. The second kappa shape index (κ2) is 6.53. The van der Waals surface area contributed by atoms with Gasteiger partial charge in [0.05, 0.1) is 0 Å². The van der Waals surface area contributed by atoms with Crippen molar-refractivity contribution in [1.82, 2.24) is 5.32 Å². The van der Waals surface area contributed by atoms with Crippen LogP contribution < -0.4 is 5.32 Å². The number of hydrogen-bond donors (Lipinski definition) is 2. The largest absolute Gasteiger partial charge is 0.480 e. The second-order valence-corrected chi connectivity index (χ2v) is 2.71. The summed E-state index contributed by atoms with van der Waals surface area (Å²) < 4.78 is 12.8. The molecule has 82 valence electrons. The number of carboxylic acid groups (broad SMARTS) is 1. The fourth-order valence-electron chi connectivity index (χ4n) is 0.931. The molecular formula is C10H12FNO3. The van der Waals surface area contributed by atoms with Crippen molar-refractivity contribution >= 4 is 12.4 Å². The lowest BCUT2D eigenvalue weighted by Gasteiger charge is -2.12. The number of allylic oxidation sites excluding steroid dienone is 3. The smallest absolute Gasteiger partial charge is 0.326 e. The van der Waals surface area contributed by atoms with E-state index in [4.69, 9.17) is 5.11 Å². The molecule has 0 aliphatic rings. The molecule has 1 amide bonds. The molecule has 0 aromatic carbocycles. The van der Waals surface area contributed by atoms with Crippen LogP contribution in [0.1, 0.15) is 6.42 Å². The van der Waals surface area contributed by atoms with Gasteiger partial charge in [-0.15, -0.1) is 0 Å². The number of carbonyl (C=O) groups excluding carboxylic acids is 1. The van der Waals surface area contributed by atoms with Crippen molar-refractivity contribution in [1.29, 1.82) is 0 Å². The number of rotatable bonds is 7. The lowest BCUT2D eigenvalue weighted by atomic mass is 10.1. The van der Waals surface area contributed by atoms with Gasteiger partial charge in [0.25, 0.3) is 0 Å². The zero-order valence-corrected chi connectivity index (χ0v) is 8.07. The lowest BCUT2D eigenvalue weighted by Crippen LogP contribution is -2.36. The molecule has 4 nitrogen and oxygen atoms in total. The molecule has 0 rings (SSSR count). The van der Waals surface area contributed by atoms with Crippen LogP contribution in [-0.2, 0) is 9.59 Å². The Bertz CT molecular complexity index is 310. The van der Waals surface area contributed by atoms with Crippen molar-refractivity contribution in [2.45, 2.75) is 12.5 Å². The summed E-state index contributed by atoms with van der Waals surface area (Å²) in [6.45, 7) is 6.41. The molecule has 2 N–H and O–H groups in total. The Morgan fingerprint density at radius 2 is 2.20 bits per heavy atom. The van der Waals surface area contributed by atoms with E-state index in [0.717, 1.165) is 0 Å². The molecule has 0 heterocycles. The van der Waals surface area contributed by atoms with Gasteiger partial charge in [-0.1, -0.05) is 25.3 Å². The molecule has 1 unspecified atom stereocenters. The number of nitrogens with one attached hydrogen (secondary N) is 1. The van der Waals surface area contributed by atoms with E-state index in [2.05, 4.69) is 18.5 Å². The van der Waals surface area contributed by atoms with E-state index in [1.54, 1.807) is 0 Å². The molecular weight excluding hydrogens is 201 g/mol. The third-order valence-corrected chi connectivity index (χ3v) is 1.66. The Labute approximate surface area is 86.8 Å². The van der Waals surface area contributed by atoms with Gasteiger partial charge in [0.1, 0.15) is 11.9 Å². The van der Waals surface area contributed by atoms with Crippen LogP contribution in [0.25, 0.3) is 0 Å². The topological polar surface area (TPSA) is 66.4 Å². The molecule has 0 aliphatic carbocycles. The first-order valence-electron chi connectivity index (χ1n) is 4.11. The average Bonchev–Trinajstić information content (AvgIpc) is 2.15. The number of carboxylic acids is 1. The summed E-state index contributed by atoms with van der Waals surface area (Å²) in [4.78, 5) is 20.7. The summed E-state index contributed by atoms with van der Waals surface area (Å²) in [5, 5.41) is 10.7. The van der Waals surface area contributed by atoms with Crippen molar-refractivity contribution in [3.63, 3.8) is 0 Å². The van der Waals surface area contributed by atoms with Crippen molar-refractivity contribution in [3.05, 3.63) is 36.7 Å². The Balaban J connectivity index is 4.68. The van der Waals surface area contributed by atoms with Gasteiger partial charge in [-0.25, -0.2) is 9.18 Å². The quantitative estimate of drug-likeness (QED) is 0.492. The zero-order valence-electron chi connectivity index (χ0n) is 8.07. The van der Waals surface area contributed by atoms with Crippen molar-refractivity contribution < 1.29 is 19.1 Å². The molecule has 0 radical (unpaired) electrons. The SMILES string of the molecule is C=C/C=C(/CC(NC=O)C(=O)O)C(=C)F. The molecule has 0 saturated heterocycles. The molecule has 1 atom stereocenters. The van der Waals surface area contributed by atoms with Gasteiger partial charge < -0.3 is 10.4 Å². The van der Waals surface area contributed by atoms with Gasteiger partial charge in [-0.3, -0.25) is 4.79 Å². The third kappa shape index (κ3) is 4.75. The molecule has 15 heavy (non-hydrogen) atoms. The highest BCUT2D eigenvalue weighted by Crippen LogP contribution is 2.15. The van der Waals surface area contributed by atoms with Crippen LogP contribution in [0.5, 0.6) is 0 Å². The Hall–Kier alpha value is -1.91. The fraction of sp³-hybridized carbons (Fsp3) is 0.200. The van der Waals surface area contributed by atoms with E-state index in [-0.39, 0.29) is 18.4 Å². The van der Waals surface area contributed by atoms with Crippen molar-refractivity contribution in [3.8, 4) is 0 Å². The Morgan fingerprint density at radius 3 is 2.53 bits per heavy atom. The van der Waals surface area contributed by atoms with Crippen LogP contribution in [-0.4, -0.2) is 23.5 Å². The number of amides is 1. The fourth-order valence-corrected chi connectivity index (χ4v) is 0.931. The van der Waals surface area contributed by atoms with Gasteiger partial charge in [-0.05, 0) is 5.57 Å². The van der Waals surface area contributed by atoms with Crippen LogP contribution in [0.3, 0.4) is 0 Å². The van der Waals surface area contributed by atoms with Crippen LogP contribution >= 0.6 is 0 Å². The first-order chi connectivity index (χ1) is 7.02. The van der Waals surface area contributed by atoms with Gasteiger partial charge in [0.15, 0.2) is 0 Å². The van der Waals surface area contributed by atoms with Crippen molar-refractivity contribution in [2.75, 3.05) is 0 Å². The van der Waals surface area contributed by atoms with Gasteiger partial charge in [-0.2, -0.15) is 0 Å². The van der Waals surface area contributed by atoms with E-state index in [0.29, 0.717) is 0 Å². The number of halogens is 1. The minimum atomic E-state index is -1.24. The molecule has 0 aliphatic heterocycles. The van der Waals surface area contributed by atoms with Gasteiger partial charge in [0.2, 0.25) is 6.41 Å². The summed E-state index contributed by atoms with van der Waals surface area (Å²) in [6.07, 6.45) is 2.71. The maximum atomic E-state index is 12.8. The van der Waals surface area contributed by atoms with E-state index in [1.165, 1.54) is 12.2 Å². The number of hydrogen-bond acceptors (Lipinski definition) is 2. The molecule has 0 spiro atoms. The van der Waals surface area contributed by atoms with E-state index in [1.807, 2.05) is 0 Å². The van der Waals surface area contributed by atoms with Gasteiger partial charge >= 0.3 is 5.97 Å². The predicted octanol–water partition coefficient (Wildman–Crippen LogP) is 1.17. The second-order valence-electron chi connectivity index (χ2n) is 2.71. The highest BCUT2D eigenvalue weighted by Gasteiger charge is 2.18. The summed E-state index contributed by atoms with van der Waals surface area (Å²) in [5.41, 5.74) is 0.0896. The van der Waals surface area contributed by atoms with Crippen LogP contribution in [0.2, 0.25) is 0 Å². The monoisotopic (exact) mass is 213 g/mol. The summed E-state index contributed by atoms with van der Waals surface area (Å²) in [5.74, 6) is -1.98. The van der Waals surface area contributed by atoms with Crippen LogP contribution in [0.4, 0.5) is 4.39 Å². The minimum absolute atomic E-state index is 0.0896. The highest BCUT2D eigenvalue weighted by molar-refractivity contribution is 5.76. The normalized spacial score (nSPS) is 12.7. The van der Waals surface area contributed by atoms with Crippen molar-refractivity contribution in [2.24, 2.45) is 0 Å². The highest BCUT2D eigenvalue weighted by atomic mass is 19.1. The maximum absolute atomic E-state index is 12.8. The average molecular weight is 213 g/mol. The Kier molecular flexibility index (Phi) is 5.70. The summed E-state index contributed by atoms with van der Waals surface area (Å²) in [6, 6.07) is -1.17. The Morgan fingerprint density at radius 1 is 1.60 bits per heavy atom.